The Morgan fingerprint density at radius 1 is 0.800 bits per heavy atom. The van der Waals surface area contributed by atoms with Crippen LogP contribution in [0.4, 0.5) is 0 Å². The van der Waals surface area contributed by atoms with Gasteiger partial charge < -0.3 is 20.9 Å². The number of ether oxygens (including phenoxy) is 2. The maximum atomic E-state index is 11.5. The number of hydrogen-bond acceptors (Lipinski definition) is 6. The number of nitrogens with two attached hydrogens (primary N) is 2. The SMILES string of the molecule is CC(C)C[C@H](N)C(=O)OCCOC(=O)[C@@H](N)CC(C)C. The lowest BCUT2D eigenvalue weighted by atomic mass is 10.1. The van der Waals surface area contributed by atoms with Crippen molar-refractivity contribution in [1.82, 2.24) is 0 Å². The van der Waals surface area contributed by atoms with E-state index in [4.69, 9.17) is 20.9 Å². The van der Waals surface area contributed by atoms with Crippen LogP contribution in [0, 0.1) is 11.8 Å². The Kier molecular flexibility index (Phi) is 9.16. The molecule has 0 fully saturated rings. The topological polar surface area (TPSA) is 105 Å². The Balaban J connectivity index is 3.80. The van der Waals surface area contributed by atoms with Gasteiger partial charge in [-0.05, 0) is 24.7 Å². The third-order valence-electron chi connectivity index (χ3n) is 2.63. The molecule has 0 amide bonds. The molecule has 4 N–H and O–H groups in total. The van der Waals surface area contributed by atoms with Crippen LogP contribution in [0.15, 0.2) is 0 Å². The fourth-order valence-corrected chi connectivity index (χ4v) is 1.71. The summed E-state index contributed by atoms with van der Waals surface area (Å²) in [5.41, 5.74) is 11.3. The van der Waals surface area contributed by atoms with E-state index in [0.29, 0.717) is 24.7 Å². The van der Waals surface area contributed by atoms with Crippen LogP contribution in [0.3, 0.4) is 0 Å². The van der Waals surface area contributed by atoms with Gasteiger partial charge in [0.15, 0.2) is 0 Å². The summed E-state index contributed by atoms with van der Waals surface area (Å²) < 4.78 is 9.87. The summed E-state index contributed by atoms with van der Waals surface area (Å²) in [6.07, 6.45) is 1.13. The van der Waals surface area contributed by atoms with Crippen molar-refractivity contribution in [3.05, 3.63) is 0 Å². The van der Waals surface area contributed by atoms with Crippen LogP contribution in [0.2, 0.25) is 0 Å². The Hall–Kier alpha value is -1.14. The zero-order valence-corrected chi connectivity index (χ0v) is 12.9. The third-order valence-corrected chi connectivity index (χ3v) is 2.63. The molecule has 0 aliphatic heterocycles. The van der Waals surface area contributed by atoms with Gasteiger partial charge >= 0.3 is 11.9 Å². The van der Waals surface area contributed by atoms with Crippen LogP contribution in [-0.2, 0) is 19.1 Å². The van der Waals surface area contributed by atoms with E-state index in [2.05, 4.69) is 0 Å². The number of rotatable bonds is 9. The largest absolute Gasteiger partial charge is 0.461 e. The molecule has 0 aromatic carbocycles. The molecule has 6 nitrogen and oxygen atoms in total. The molecule has 0 saturated heterocycles. The van der Waals surface area contributed by atoms with Crippen molar-refractivity contribution < 1.29 is 19.1 Å². The van der Waals surface area contributed by atoms with E-state index < -0.39 is 24.0 Å². The van der Waals surface area contributed by atoms with E-state index in [0.717, 1.165) is 0 Å². The molecular formula is C14H28N2O4. The summed E-state index contributed by atoms with van der Waals surface area (Å²) >= 11 is 0. The molecule has 0 aliphatic rings. The molecule has 0 radical (unpaired) electrons. The maximum absolute atomic E-state index is 11.5. The maximum Gasteiger partial charge on any atom is 0.323 e. The molecule has 6 heteroatoms. The molecule has 118 valence electrons. The Morgan fingerprint density at radius 2 is 1.10 bits per heavy atom. The van der Waals surface area contributed by atoms with Gasteiger partial charge in [-0.3, -0.25) is 9.59 Å². The second-order valence-corrected chi connectivity index (χ2v) is 5.81. The number of esters is 2. The van der Waals surface area contributed by atoms with Crippen molar-refractivity contribution in [2.24, 2.45) is 23.3 Å². The first-order valence-corrected chi connectivity index (χ1v) is 7.08. The molecule has 2 atom stereocenters. The van der Waals surface area contributed by atoms with Gasteiger partial charge in [-0.1, -0.05) is 27.7 Å². The predicted molar refractivity (Wildman–Crippen MR) is 76.8 cm³/mol. The molecule has 0 saturated carbocycles. The summed E-state index contributed by atoms with van der Waals surface area (Å²) in [6.45, 7) is 7.92. The first-order valence-electron chi connectivity index (χ1n) is 7.08. The van der Waals surface area contributed by atoms with E-state index in [1.807, 2.05) is 27.7 Å². The quantitative estimate of drug-likeness (QED) is 0.481. The van der Waals surface area contributed by atoms with Gasteiger partial charge in [0.1, 0.15) is 25.3 Å². The minimum Gasteiger partial charge on any atom is -0.461 e. The van der Waals surface area contributed by atoms with Crippen molar-refractivity contribution in [1.29, 1.82) is 0 Å². The van der Waals surface area contributed by atoms with Gasteiger partial charge in [-0.15, -0.1) is 0 Å². The second kappa shape index (κ2) is 9.72. The van der Waals surface area contributed by atoms with Crippen LogP contribution in [0.1, 0.15) is 40.5 Å². The first-order chi connectivity index (χ1) is 9.23. The highest BCUT2D eigenvalue weighted by atomic mass is 16.6. The lowest BCUT2D eigenvalue weighted by molar-refractivity contribution is -0.154. The van der Waals surface area contributed by atoms with Gasteiger partial charge in [0.2, 0.25) is 0 Å². The lowest BCUT2D eigenvalue weighted by Crippen LogP contribution is -2.36. The summed E-state index contributed by atoms with van der Waals surface area (Å²) in [5, 5.41) is 0. The van der Waals surface area contributed by atoms with Gasteiger partial charge in [-0.25, -0.2) is 0 Å². The normalized spacial score (nSPS) is 14.2. The molecule has 0 aliphatic carbocycles. The highest BCUT2D eigenvalue weighted by molar-refractivity contribution is 5.76. The van der Waals surface area contributed by atoms with E-state index in [-0.39, 0.29) is 13.2 Å². The predicted octanol–water partition coefficient (Wildman–Crippen LogP) is 0.820. The van der Waals surface area contributed by atoms with Gasteiger partial charge in [0.05, 0.1) is 0 Å². The average molecular weight is 288 g/mol. The Labute approximate surface area is 121 Å². The molecule has 0 aromatic rings. The minimum atomic E-state index is -0.631. The number of hydrogen-bond donors (Lipinski definition) is 2. The summed E-state index contributed by atoms with van der Waals surface area (Å²) in [7, 11) is 0. The van der Waals surface area contributed by atoms with Gasteiger partial charge in [0, 0.05) is 0 Å². The Bertz CT molecular complexity index is 276. The van der Waals surface area contributed by atoms with Crippen LogP contribution < -0.4 is 11.5 Å². The molecular weight excluding hydrogens is 260 g/mol. The first kappa shape index (κ1) is 18.9. The fourth-order valence-electron chi connectivity index (χ4n) is 1.71. The van der Waals surface area contributed by atoms with E-state index in [1.165, 1.54) is 0 Å². The molecule has 0 heterocycles. The third kappa shape index (κ3) is 8.87. The highest BCUT2D eigenvalue weighted by Crippen LogP contribution is 2.05. The minimum absolute atomic E-state index is 0.00473. The highest BCUT2D eigenvalue weighted by Gasteiger charge is 2.18. The molecule has 0 unspecified atom stereocenters. The molecule has 0 bridgehead atoms. The van der Waals surface area contributed by atoms with Crippen molar-refractivity contribution >= 4 is 11.9 Å². The molecule has 0 spiro atoms. The molecule has 20 heavy (non-hydrogen) atoms. The van der Waals surface area contributed by atoms with Crippen molar-refractivity contribution in [2.75, 3.05) is 13.2 Å². The lowest BCUT2D eigenvalue weighted by Gasteiger charge is -2.15. The van der Waals surface area contributed by atoms with Gasteiger partial charge in [-0.2, -0.15) is 0 Å². The van der Waals surface area contributed by atoms with Crippen LogP contribution in [0.5, 0.6) is 0 Å². The van der Waals surface area contributed by atoms with Crippen molar-refractivity contribution in [3.63, 3.8) is 0 Å². The zero-order chi connectivity index (χ0) is 15.7. The zero-order valence-electron chi connectivity index (χ0n) is 12.9. The number of carbonyl (C=O) groups is 2. The van der Waals surface area contributed by atoms with Crippen LogP contribution >= 0.6 is 0 Å². The Morgan fingerprint density at radius 3 is 1.35 bits per heavy atom. The monoisotopic (exact) mass is 288 g/mol. The molecule has 0 aromatic heterocycles. The van der Waals surface area contributed by atoms with E-state index in [9.17, 15) is 9.59 Å². The fraction of sp³-hybridized carbons (Fsp3) is 0.857. The smallest absolute Gasteiger partial charge is 0.323 e. The molecule has 0 rings (SSSR count). The van der Waals surface area contributed by atoms with E-state index in [1.54, 1.807) is 0 Å². The van der Waals surface area contributed by atoms with Crippen molar-refractivity contribution in [2.45, 2.75) is 52.6 Å². The number of carbonyl (C=O) groups excluding carboxylic acids is 2. The van der Waals surface area contributed by atoms with Crippen LogP contribution in [0.25, 0.3) is 0 Å². The van der Waals surface area contributed by atoms with E-state index >= 15 is 0 Å². The average Bonchev–Trinajstić information content (AvgIpc) is 2.32. The standard InChI is InChI=1S/C14H28N2O4/c1-9(2)7-11(15)13(17)19-5-6-20-14(18)12(16)8-10(3)4/h9-12H,5-8,15-16H2,1-4H3/t11-,12-/m0/s1. The van der Waals surface area contributed by atoms with Gasteiger partial charge in [0.25, 0.3) is 0 Å². The summed E-state index contributed by atoms with van der Waals surface area (Å²) in [4.78, 5) is 23.0. The summed E-state index contributed by atoms with van der Waals surface area (Å²) in [5.74, 6) is -0.295. The summed E-state index contributed by atoms with van der Waals surface area (Å²) in [6, 6.07) is -1.26. The van der Waals surface area contributed by atoms with Crippen LogP contribution in [-0.4, -0.2) is 37.2 Å². The second-order valence-electron chi connectivity index (χ2n) is 5.81. The van der Waals surface area contributed by atoms with Crippen molar-refractivity contribution in [3.8, 4) is 0 Å².